The van der Waals surface area contributed by atoms with Crippen molar-refractivity contribution in [1.29, 1.82) is 0 Å². The molecule has 1 aromatic heterocycles. The molecule has 2 N–H and O–H groups in total. The number of ether oxygens (including phenoxy) is 1. The van der Waals surface area contributed by atoms with Crippen LogP contribution >= 0.6 is 0 Å². The van der Waals surface area contributed by atoms with Crippen LogP contribution in [0.15, 0.2) is 48.5 Å². The van der Waals surface area contributed by atoms with Crippen LogP contribution in [0.1, 0.15) is 55.7 Å². The number of benzene rings is 2. The number of carbonyl (C=O) groups excluding carboxylic acids is 1. The van der Waals surface area contributed by atoms with Gasteiger partial charge in [0.1, 0.15) is 11.6 Å². The first-order chi connectivity index (χ1) is 15.4. The Balaban J connectivity index is 1.73. The predicted molar refractivity (Wildman–Crippen MR) is 128 cm³/mol. The summed E-state index contributed by atoms with van der Waals surface area (Å²) in [5, 5.41) is 6.72. The van der Waals surface area contributed by atoms with Crippen molar-refractivity contribution in [3.05, 3.63) is 65.4 Å². The Labute approximate surface area is 189 Å². The van der Waals surface area contributed by atoms with E-state index in [9.17, 15) is 4.79 Å². The number of ketones is 1. The molecule has 3 aromatic rings. The summed E-state index contributed by atoms with van der Waals surface area (Å²) in [6.07, 6.45) is 2.09. The molecule has 1 aliphatic carbocycles. The van der Waals surface area contributed by atoms with E-state index in [2.05, 4.69) is 37.5 Å². The molecule has 0 radical (unpaired) electrons. The van der Waals surface area contributed by atoms with Gasteiger partial charge in [-0.15, -0.1) is 0 Å². The van der Waals surface area contributed by atoms with Crippen LogP contribution in [0.4, 0.5) is 23.1 Å². The standard InChI is InChI=1S/C26H30N4O2/c1-5-17-9-7-8-10-20(17)28-24-23-21(15-26(3,4)16-22(23)31)29-25(30-24)27-18-11-13-19(14-12-18)32-6-2/h7-14H,5-6,15-16H2,1-4H3,(H2,27,28,29,30). The fraction of sp³-hybridized carbons (Fsp3) is 0.346. The number of anilines is 4. The normalized spacial score (nSPS) is 14.6. The minimum Gasteiger partial charge on any atom is -0.494 e. The number of rotatable bonds is 7. The van der Waals surface area contributed by atoms with Gasteiger partial charge in [0.2, 0.25) is 5.95 Å². The quantitative estimate of drug-likeness (QED) is 0.473. The summed E-state index contributed by atoms with van der Waals surface area (Å²) < 4.78 is 5.52. The maximum atomic E-state index is 13.1. The van der Waals surface area contributed by atoms with Gasteiger partial charge in [0.05, 0.1) is 17.9 Å². The van der Waals surface area contributed by atoms with Gasteiger partial charge in [0, 0.05) is 17.8 Å². The lowest BCUT2D eigenvalue weighted by molar-refractivity contribution is 0.0911. The summed E-state index contributed by atoms with van der Waals surface area (Å²) in [7, 11) is 0. The van der Waals surface area contributed by atoms with Crippen molar-refractivity contribution in [3.8, 4) is 5.75 Å². The van der Waals surface area contributed by atoms with Crippen LogP contribution in [0.5, 0.6) is 5.75 Å². The molecule has 0 saturated heterocycles. The Kier molecular flexibility index (Phi) is 6.12. The van der Waals surface area contributed by atoms with E-state index >= 15 is 0 Å². The van der Waals surface area contributed by atoms with Gasteiger partial charge in [-0.25, -0.2) is 4.98 Å². The smallest absolute Gasteiger partial charge is 0.229 e. The molecule has 1 heterocycles. The summed E-state index contributed by atoms with van der Waals surface area (Å²) in [5.41, 5.74) is 4.24. The second-order valence-electron chi connectivity index (χ2n) is 8.88. The number of nitrogens with zero attached hydrogens (tertiary/aromatic N) is 2. The highest BCUT2D eigenvalue weighted by Crippen LogP contribution is 2.38. The summed E-state index contributed by atoms with van der Waals surface area (Å²) >= 11 is 0. The zero-order valence-electron chi connectivity index (χ0n) is 19.2. The monoisotopic (exact) mass is 430 g/mol. The molecule has 32 heavy (non-hydrogen) atoms. The van der Waals surface area contributed by atoms with Crippen molar-refractivity contribution in [1.82, 2.24) is 9.97 Å². The highest BCUT2D eigenvalue weighted by atomic mass is 16.5. The van der Waals surface area contributed by atoms with E-state index < -0.39 is 0 Å². The van der Waals surface area contributed by atoms with E-state index in [0.29, 0.717) is 30.4 Å². The molecule has 1 aliphatic rings. The van der Waals surface area contributed by atoms with Crippen molar-refractivity contribution in [2.75, 3.05) is 17.2 Å². The third-order valence-electron chi connectivity index (χ3n) is 5.62. The Morgan fingerprint density at radius 3 is 2.44 bits per heavy atom. The molecule has 0 bridgehead atoms. The average molecular weight is 431 g/mol. The number of nitrogens with one attached hydrogen (secondary N) is 2. The van der Waals surface area contributed by atoms with Crippen LogP contribution in [-0.2, 0) is 12.8 Å². The number of Topliss-reactive ketones (excluding diaryl/α,β-unsaturated/α-hetero) is 1. The number of hydrogen-bond donors (Lipinski definition) is 2. The van der Waals surface area contributed by atoms with Crippen molar-refractivity contribution in [2.45, 2.75) is 47.0 Å². The fourth-order valence-corrected chi connectivity index (χ4v) is 4.12. The molecule has 0 atom stereocenters. The summed E-state index contributed by atoms with van der Waals surface area (Å²) in [6, 6.07) is 15.8. The Morgan fingerprint density at radius 2 is 1.72 bits per heavy atom. The van der Waals surface area contributed by atoms with E-state index in [1.807, 2.05) is 49.4 Å². The highest BCUT2D eigenvalue weighted by Gasteiger charge is 2.35. The van der Waals surface area contributed by atoms with E-state index in [1.165, 1.54) is 5.56 Å². The zero-order valence-corrected chi connectivity index (χ0v) is 19.2. The van der Waals surface area contributed by atoms with Gasteiger partial charge in [-0.1, -0.05) is 39.0 Å². The van der Waals surface area contributed by atoms with Gasteiger partial charge in [-0.3, -0.25) is 4.79 Å². The molecule has 0 amide bonds. The number of hydrogen-bond acceptors (Lipinski definition) is 6. The molecule has 0 spiro atoms. The third-order valence-corrected chi connectivity index (χ3v) is 5.62. The van der Waals surface area contributed by atoms with Crippen LogP contribution in [0.2, 0.25) is 0 Å². The Morgan fingerprint density at radius 1 is 0.969 bits per heavy atom. The van der Waals surface area contributed by atoms with E-state index in [-0.39, 0.29) is 11.2 Å². The van der Waals surface area contributed by atoms with Gasteiger partial charge in [0.25, 0.3) is 0 Å². The first-order valence-corrected chi connectivity index (χ1v) is 11.2. The minimum absolute atomic E-state index is 0.0837. The van der Waals surface area contributed by atoms with Gasteiger partial charge >= 0.3 is 0 Å². The van der Waals surface area contributed by atoms with Crippen LogP contribution in [0.25, 0.3) is 0 Å². The van der Waals surface area contributed by atoms with Gasteiger partial charge < -0.3 is 15.4 Å². The maximum Gasteiger partial charge on any atom is 0.229 e. The lowest BCUT2D eigenvalue weighted by Crippen LogP contribution is -2.29. The number of fused-ring (bicyclic) bond motifs is 1. The predicted octanol–water partition coefficient (Wildman–Crippen LogP) is 6.08. The molecule has 6 heteroatoms. The number of para-hydroxylation sites is 1. The molecular formula is C26H30N4O2. The second kappa shape index (κ2) is 8.99. The largest absolute Gasteiger partial charge is 0.494 e. The maximum absolute atomic E-state index is 13.1. The Bertz CT molecular complexity index is 1120. The van der Waals surface area contributed by atoms with Crippen molar-refractivity contribution < 1.29 is 9.53 Å². The van der Waals surface area contributed by atoms with Crippen molar-refractivity contribution in [3.63, 3.8) is 0 Å². The van der Waals surface area contributed by atoms with Crippen molar-refractivity contribution >= 4 is 28.9 Å². The summed E-state index contributed by atoms with van der Waals surface area (Å²) in [4.78, 5) is 22.5. The molecule has 0 saturated carbocycles. The number of carbonyl (C=O) groups is 1. The Hall–Kier alpha value is -3.41. The molecule has 4 rings (SSSR count). The van der Waals surface area contributed by atoms with Crippen LogP contribution in [0, 0.1) is 5.41 Å². The SMILES string of the molecule is CCOc1ccc(Nc2nc3c(c(Nc4ccccc4CC)n2)C(=O)CC(C)(C)C3)cc1. The molecule has 6 nitrogen and oxygen atoms in total. The van der Waals surface area contributed by atoms with Gasteiger partial charge in [0.15, 0.2) is 5.78 Å². The van der Waals surface area contributed by atoms with Crippen molar-refractivity contribution in [2.24, 2.45) is 5.41 Å². The third kappa shape index (κ3) is 4.74. The molecule has 0 aliphatic heterocycles. The molecule has 0 unspecified atom stereocenters. The highest BCUT2D eigenvalue weighted by molar-refractivity contribution is 6.03. The lowest BCUT2D eigenvalue weighted by Gasteiger charge is -2.30. The zero-order chi connectivity index (χ0) is 22.7. The van der Waals surface area contributed by atoms with Gasteiger partial charge in [-0.05, 0) is 61.1 Å². The minimum atomic E-state index is -0.132. The topological polar surface area (TPSA) is 76.1 Å². The molecule has 0 fully saturated rings. The van der Waals surface area contributed by atoms with E-state index in [0.717, 1.165) is 35.7 Å². The fourth-order valence-electron chi connectivity index (χ4n) is 4.12. The molecule has 166 valence electrons. The summed E-state index contributed by atoms with van der Waals surface area (Å²) in [5.74, 6) is 1.93. The van der Waals surface area contributed by atoms with E-state index in [1.54, 1.807) is 0 Å². The lowest BCUT2D eigenvalue weighted by atomic mass is 9.75. The number of aryl methyl sites for hydroxylation is 1. The van der Waals surface area contributed by atoms with Crippen LogP contribution in [0.3, 0.4) is 0 Å². The van der Waals surface area contributed by atoms with E-state index in [4.69, 9.17) is 14.7 Å². The summed E-state index contributed by atoms with van der Waals surface area (Å²) in [6.45, 7) is 8.91. The second-order valence-corrected chi connectivity index (χ2v) is 8.88. The van der Waals surface area contributed by atoms with Crippen LogP contribution in [-0.4, -0.2) is 22.4 Å². The first-order valence-electron chi connectivity index (χ1n) is 11.2. The molecular weight excluding hydrogens is 400 g/mol. The average Bonchev–Trinajstić information content (AvgIpc) is 2.74. The first kappa shape index (κ1) is 21.8. The molecule has 2 aromatic carbocycles. The van der Waals surface area contributed by atoms with Crippen LogP contribution < -0.4 is 15.4 Å². The number of aromatic nitrogens is 2. The van der Waals surface area contributed by atoms with Gasteiger partial charge in [-0.2, -0.15) is 4.98 Å².